The number of nitrogens with zero attached hydrogens (tertiary/aromatic N) is 1. The summed E-state index contributed by atoms with van der Waals surface area (Å²) in [6.45, 7) is 7.85. The summed E-state index contributed by atoms with van der Waals surface area (Å²) in [6.07, 6.45) is 4.18. The molecule has 1 aliphatic rings. The number of aromatic nitrogens is 1. The maximum atomic E-state index is 5.77. The first kappa shape index (κ1) is 19.2. The summed E-state index contributed by atoms with van der Waals surface area (Å²) < 4.78 is 8.28. The van der Waals surface area contributed by atoms with Crippen molar-refractivity contribution >= 4 is 21.8 Å². The van der Waals surface area contributed by atoms with E-state index >= 15 is 0 Å². The lowest BCUT2D eigenvalue weighted by Crippen LogP contribution is -3.13. The molecule has 4 rings (SSSR count). The molecule has 0 spiro atoms. The van der Waals surface area contributed by atoms with Gasteiger partial charge in [-0.3, -0.25) is 0 Å². The van der Waals surface area contributed by atoms with E-state index in [-0.39, 0.29) is 12.4 Å². The van der Waals surface area contributed by atoms with Gasteiger partial charge in [0.15, 0.2) is 0 Å². The van der Waals surface area contributed by atoms with E-state index < -0.39 is 0 Å². The van der Waals surface area contributed by atoms with Gasteiger partial charge in [-0.2, -0.15) is 0 Å². The van der Waals surface area contributed by atoms with Crippen molar-refractivity contribution in [1.29, 1.82) is 0 Å². The van der Waals surface area contributed by atoms with Crippen LogP contribution in [0, 0.1) is 0 Å². The Hall–Kier alpha value is -1.55. The van der Waals surface area contributed by atoms with Gasteiger partial charge in [-0.15, -0.1) is 0 Å². The van der Waals surface area contributed by atoms with Gasteiger partial charge in [-0.25, -0.2) is 0 Å². The summed E-state index contributed by atoms with van der Waals surface area (Å²) in [5.74, 6) is 0. The highest BCUT2D eigenvalue weighted by Crippen LogP contribution is 2.28. The first-order chi connectivity index (χ1) is 12.4. The van der Waals surface area contributed by atoms with Crippen LogP contribution in [0.4, 0.5) is 0 Å². The number of hydrogen-bond acceptors (Lipinski definition) is 1. The van der Waals surface area contributed by atoms with E-state index in [0.717, 1.165) is 13.2 Å². The van der Waals surface area contributed by atoms with E-state index in [4.69, 9.17) is 4.74 Å². The van der Waals surface area contributed by atoms with Gasteiger partial charge in [-0.1, -0.05) is 36.4 Å². The summed E-state index contributed by atoms with van der Waals surface area (Å²) in [5.41, 5.74) is 2.74. The Kier molecular flexibility index (Phi) is 6.58. The van der Waals surface area contributed by atoms with Crippen LogP contribution in [0.25, 0.3) is 21.8 Å². The lowest BCUT2D eigenvalue weighted by molar-refractivity contribution is -0.906. The van der Waals surface area contributed by atoms with Gasteiger partial charge in [-0.05, 0) is 19.1 Å². The Morgan fingerprint density at radius 3 is 2.12 bits per heavy atom. The second-order valence-electron chi connectivity index (χ2n) is 7.19. The number of ether oxygens (including phenoxy) is 1. The standard InChI is InChI=1S/C22H28N2O.ClH/c1-2-25-18-12-16-23(17-13-18)14-7-15-24-21-10-5-3-8-19(21)20-9-4-6-11-22(20)24;/h3-6,8-11,18H,2,7,12-17H2,1H3;1H. The van der Waals surface area contributed by atoms with Crippen LogP contribution in [0.15, 0.2) is 48.5 Å². The largest absolute Gasteiger partial charge is 1.00 e. The third-order valence-corrected chi connectivity index (χ3v) is 5.63. The van der Waals surface area contributed by atoms with Crippen molar-refractivity contribution in [3.8, 4) is 0 Å². The second kappa shape index (κ2) is 8.90. The van der Waals surface area contributed by atoms with Crippen molar-refractivity contribution in [2.75, 3.05) is 26.2 Å². The van der Waals surface area contributed by atoms with Crippen molar-refractivity contribution in [2.24, 2.45) is 0 Å². The second-order valence-corrected chi connectivity index (χ2v) is 7.19. The molecule has 0 amide bonds. The van der Waals surface area contributed by atoms with Crippen LogP contribution >= 0.6 is 0 Å². The van der Waals surface area contributed by atoms with Crippen LogP contribution in [0.2, 0.25) is 0 Å². The molecule has 140 valence electrons. The molecular weight excluding hydrogens is 344 g/mol. The molecule has 2 heterocycles. The fourth-order valence-electron chi connectivity index (χ4n) is 4.38. The fourth-order valence-corrected chi connectivity index (χ4v) is 4.38. The molecule has 1 aromatic heterocycles. The third-order valence-electron chi connectivity index (χ3n) is 5.63. The number of piperidine rings is 1. The molecule has 4 heteroatoms. The molecule has 3 aromatic rings. The van der Waals surface area contributed by atoms with E-state index in [1.54, 1.807) is 4.90 Å². The number of quaternary nitrogens is 1. The van der Waals surface area contributed by atoms with E-state index in [0.29, 0.717) is 6.10 Å². The summed E-state index contributed by atoms with van der Waals surface area (Å²) in [5, 5.41) is 2.76. The normalized spacial score (nSPS) is 20.3. The molecule has 1 fully saturated rings. The molecule has 0 atom stereocenters. The number of para-hydroxylation sites is 2. The van der Waals surface area contributed by atoms with Gasteiger partial charge in [0.05, 0.1) is 25.7 Å². The summed E-state index contributed by atoms with van der Waals surface area (Å²) in [6, 6.07) is 17.6. The van der Waals surface area contributed by atoms with Gasteiger partial charge >= 0.3 is 0 Å². The zero-order chi connectivity index (χ0) is 17.1. The van der Waals surface area contributed by atoms with Crippen LogP contribution in [0.3, 0.4) is 0 Å². The van der Waals surface area contributed by atoms with Crippen molar-refractivity contribution in [1.82, 2.24) is 4.57 Å². The number of likely N-dealkylation sites (tertiary alicyclic amines) is 1. The summed E-state index contributed by atoms with van der Waals surface area (Å²) in [7, 11) is 0. The Labute approximate surface area is 162 Å². The maximum absolute atomic E-state index is 5.77. The smallest absolute Gasteiger partial charge is 0.0796 e. The average molecular weight is 373 g/mol. The molecule has 0 radical (unpaired) electrons. The van der Waals surface area contributed by atoms with Crippen LogP contribution < -0.4 is 17.3 Å². The molecule has 1 aliphatic heterocycles. The highest BCUT2D eigenvalue weighted by molar-refractivity contribution is 6.07. The topological polar surface area (TPSA) is 18.6 Å². The van der Waals surface area contributed by atoms with E-state index in [1.165, 1.54) is 60.7 Å². The summed E-state index contributed by atoms with van der Waals surface area (Å²) in [4.78, 5) is 1.75. The zero-order valence-electron chi connectivity index (χ0n) is 15.6. The van der Waals surface area contributed by atoms with Gasteiger partial charge in [0.2, 0.25) is 0 Å². The minimum atomic E-state index is 0. The lowest BCUT2D eigenvalue weighted by atomic mass is 10.1. The maximum Gasteiger partial charge on any atom is 0.0796 e. The third kappa shape index (κ3) is 3.90. The monoisotopic (exact) mass is 372 g/mol. The highest BCUT2D eigenvalue weighted by atomic mass is 35.5. The molecule has 0 aliphatic carbocycles. The predicted octanol–water partition coefficient (Wildman–Crippen LogP) is 0.272. The molecule has 0 unspecified atom stereocenters. The number of aryl methyl sites for hydroxylation is 1. The molecule has 26 heavy (non-hydrogen) atoms. The average Bonchev–Trinajstić information content (AvgIpc) is 2.98. The Morgan fingerprint density at radius 2 is 1.54 bits per heavy atom. The first-order valence-corrected chi connectivity index (χ1v) is 9.78. The van der Waals surface area contributed by atoms with Crippen molar-refractivity contribution < 1.29 is 22.0 Å². The Morgan fingerprint density at radius 1 is 0.962 bits per heavy atom. The van der Waals surface area contributed by atoms with Crippen molar-refractivity contribution in [3.05, 3.63) is 48.5 Å². The first-order valence-electron chi connectivity index (χ1n) is 9.78. The predicted molar refractivity (Wildman–Crippen MR) is 104 cm³/mol. The number of fused-ring (bicyclic) bond motifs is 3. The molecule has 3 nitrogen and oxygen atoms in total. The molecule has 0 saturated carbocycles. The Balaban J connectivity index is 0.00000196. The lowest BCUT2D eigenvalue weighted by Gasteiger charge is -2.29. The van der Waals surface area contributed by atoms with E-state index in [1.807, 2.05) is 0 Å². The molecule has 2 aromatic carbocycles. The minimum Gasteiger partial charge on any atom is -1.00 e. The number of nitrogens with one attached hydrogen (secondary N) is 1. The van der Waals surface area contributed by atoms with E-state index in [2.05, 4.69) is 60.0 Å². The SMILES string of the molecule is CCOC1CC[NH+](CCCn2c3ccccc3c3ccccc32)CC1.[Cl-]. The quantitative estimate of drug-likeness (QED) is 0.658. The number of hydrogen-bond donors (Lipinski definition) is 1. The number of benzene rings is 2. The Bertz CT molecular complexity index is 783. The highest BCUT2D eigenvalue weighted by Gasteiger charge is 2.21. The van der Waals surface area contributed by atoms with Crippen molar-refractivity contribution in [3.63, 3.8) is 0 Å². The molecular formula is C22H29ClN2O. The van der Waals surface area contributed by atoms with Crippen molar-refractivity contribution in [2.45, 2.75) is 38.8 Å². The van der Waals surface area contributed by atoms with Gasteiger partial charge in [0, 0.05) is 54.2 Å². The minimum absolute atomic E-state index is 0. The zero-order valence-corrected chi connectivity index (χ0v) is 16.3. The van der Waals surface area contributed by atoms with Crippen LogP contribution in [-0.2, 0) is 11.3 Å². The number of rotatable bonds is 6. The van der Waals surface area contributed by atoms with Crippen LogP contribution in [0.5, 0.6) is 0 Å². The fraction of sp³-hybridized carbons (Fsp3) is 0.455. The molecule has 0 bridgehead atoms. The van der Waals surface area contributed by atoms with E-state index in [9.17, 15) is 0 Å². The van der Waals surface area contributed by atoms with Gasteiger partial charge < -0.3 is 26.6 Å². The van der Waals surface area contributed by atoms with Gasteiger partial charge in [0.1, 0.15) is 0 Å². The van der Waals surface area contributed by atoms with Crippen LogP contribution in [-0.4, -0.2) is 36.9 Å². The summed E-state index contributed by atoms with van der Waals surface area (Å²) >= 11 is 0. The number of halogens is 1. The molecule has 1 N–H and O–H groups in total. The molecule has 1 saturated heterocycles. The van der Waals surface area contributed by atoms with Gasteiger partial charge in [0.25, 0.3) is 0 Å². The van der Waals surface area contributed by atoms with Crippen LogP contribution in [0.1, 0.15) is 26.2 Å².